The van der Waals surface area contributed by atoms with E-state index in [9.17, 15) is 14.7 Å². The van der Waals surface area contributed by atoms with Gasteiger partial charge in [0.25, 0.3) is 11.7 Å². The topological polar surface area (TPSA) is 79.3 Å². The van der Waals surface area contributed by atoms with Crippen LogP contribution >= 0.6 is 0 Å². The lowest BCUT2D eigenvalue weighted by Crippen LogP contribution is -2.45. The number of methoxy groups -OCH3 is 1. The SMILES string of the molecule is COc1ccc(C(CN2C(=O)C(=O)C(=C(O)c3ccccc3)C2c2ccc(C)cc2)N2CCOCC2)cc1. The summed E-state index contributed by atoms with van der Waals surface area (Å²) in [5.74, 6) is -0.700. The summed E-state index contributed by atoms with van der Waals surface area (Å²) in [4.78, 5) is 31.0. The van der Waals surface area contributed by atoms with Gasteiger partial charge in [0, 0.05) is 25.2 Å². The second-order valence-electron chi connectivity index (χ2n) is 9.67. The first-order chi connectivity index (χ1) is 18.5. The van der Waals surface area contributed by atoms with Crippen molar-refractivity contribution in [1.29, 1.82) is 0 Å². The number of rotatable bonds is 7. The monoisotopic (exact) mass is 512 g/mol. The molecule has 0 saturated carbocycles. The Balaban J connectivity index is 1.60. The highest BCUT2D eigenvalue weighted by Crippen LogP contribution is 2.41. The second kappa shape index (κ2) is 11.2. The number of amides is 1. The van der Waals surface area contributed by atoms with Crippen molar-refractivity contribution in [3.05, 3.63) is 107 Å². The maximum absolute atomic E-state index is 13.6. The fourth-order valence-electron chi connectivity index (χ4n) is 5.25. The molecule has 3 aromatic rings. The Morgan fingerprint density at radius 3 is 2.26 bits per heavy atom. The van der Waals surface area contributed by atoms with Crippen LogP contribution < -0.4 is 4.74 Å². The standard InChI is InChI=1S/C31H32N2O5/c1-21-8-10-23(11-9-21)28-27(29(34)24-6-4-3-5-7-24)30(35)31(36)33(28)20-26(32-16-18-38-19-17-32)22-12-14-25(37-2)15-13-22/h3-15,26,28,34H,16-20H2,1-2H3. The van der Waals surface area contributed by atoms with E-state index >= 15 is 0 Å². The number of Topliss-reactive ketones (excluding diaryl/α,β-unsaturated/α-hetero) is 1. The molecule has 2 atom stereocenters. The number of hydrogen-bond acceptors (Lipinski definition) is 6. The van der Waals surface area contributed by atoms with Crippen LogP contribution in [0.2, 0.25) is 0 Å². The molecule has 0 radical (unpaired) electrons. The number of carbonyl (C=O) groups excluding carboxylic acids is 2. The number of hydrogen-bond donors (Lipinski definition) is 1. The summed E-state index contributed by atoms with van der Waals surface area (Å²) in [6, 6.07) is 23.6. The minimum absolute atomic E-state index is 0.112. The Morgan fingerprint density at radius 1 is 0.974 bits per heavy atom. The van der Waals surface area contributed by atoms with Crippen LogP contribution in [0.4, 0.5) is 0 Å². The average molecular weight is 513 g/mol. The summed E-state index contributed by atoms with van der Waals surface area (Å²) in [7, 11) is 1.63. The van der Waals surface area contributed by atoms with E-state index in [4.69, 9.17) is 9.47 Å². The lowest BCUT2D eigenvalue weighted by molar-refractivity contribution is -0.140. The number of morpholine rings is 1. The van der Waals surface area contributed by atoms with Crippen molar-refractivity contribution in [3.63, 3.8) is 0 Å². The molecule has 2 unspecified atom stereocenters. The van der Waals surface area contributed by atoms with Crippen molar-refractivity contribution in [3.8, 4) is 5.75 Å². The summed E-state index contributed by atoms with van der Waals surface area (Å²) in [6.45, 7) is 4.88. The second-order valence-corrected chi connectivity index (χ2v) is 9.67. The number of ether oxygens (including phenoxy) is 2. The van der Waals surface area contributed by atoms with Crippen LogP contribution in [0.1, 0.15) is 34.3 Å². The Labute approximate surface area is 222 Å². The van der Waals surface area contributed by atoms with Gasteiger partial charge in [0.1, 0.15) is 11.5 Å². The molecule has 2 heterocycles. The van der Waals surface area contributed by atoms with Crippen LogP contribution in [0.25, 0.3) is 5.76 Å². The van der Waals surface area contributed by atoms with Gasteiger partial charge in [-0.2, -0.15) is 0 Å². The maximum atomic E-state index is 13.6. The smallest absolute Gasteiger partial charge is 0.295 e. The highest BCUT2D eigenvalue weighted by Gasteiger charge is 2.47. The molecule has 2 saturated heterocycles. The zero-order valence-corrected chi connectivity index (χ0v) is 21.7. The quantitative estimate of drug-likeness (QED) is 0.285. The Morgan fingerprint density at radius 2 is 1.63 bits per heavy atom. The van der Waals surface area contributed by atoms with Gasteiger partial charge >= 0.3 is 0 Å². The van der Waals surface area contributed by atoms with Crippen LogP contribution in [-0.2, 0) is 14.3 Å². The third-order valence-electron chi connectivity index (χ3n) is 7.34. The predicted octanol–water partition coefficient (Wildman–Crippen LogP) is 4.50. The molecule has 0 aliphatic carbocycles. The summed E-state index contributed by atoms with van der Waals surface area (Å²) >= 11 is 0. The number of ketones is 1. The normalized spacial score (nSPS) is 20.5. The van der Waals surface area contributed by atoms with Gasteiger partial charge in [-0.25, -0.2) is 0 Å². The molecule has 1 N–H and O–H groups in total. The van der Waals surface area contributed by atoms with Gasteiger partial charge in [-0.05, 0) is 30.2 Å². The molecule has 7 nitrogen and oxygen atoms in total. The van der Waals surface area contributed by atoms with E-state index in [2.05, 4.69) is 4.90 Å². The molecule has 0 spiro atoms. The predicted molar refractivity (Wildman–Crippen MR) is 145 cm³/mol. The van der Waals surface area contributed by atoms with Crippen LogP contribution in [-0.4, -0.2) is 66.6 Å². The average Bonchev–Trinajstić information content (AvgIpc) is 3.21. The molecule has 0 aromatic heterocycles. The largest absolute Gasteiger partial charge is 0.507 e. The number of aryl methyl sites for hydroxylation is 1. The Kier molecular flexibility index (Phi) is 7.58. The Bertz CT molecular complexity index is 1310. The van der Waals surface area contributed by atoms with Gasteiger partial charge in [-0.3, -0.25) is 14.5 Å². The number of nitrogens with zero attached hydrogens (tertiary/aromatic N) is 2. The fourth-order valence-corrected chi connectivity index (χ4v) is 5.25. The molecular formula is C31H32N2O5. The molecule has 1 amide bonds. The van der Waals surface area contributed by atoms with Gasteiger partial charge in [-0.15, -0.1) is 0 Å². The third-order valence-corrected chi connectivity index (χ3v) is 7.34. The van der Waals surface area contributed by atoms with Crippen molar-refractivity contribution in [2.45, 2.75) is 19.0 Å². The van der Waals surface area contributed by atoms with Crippen molar-refractivity contribution in [1.82, 2.24) is 9.80 Å². The van der Waals surface area contributed by atoms with E-state index < -0.39 is 17.7 Å². The fraction of sp³-hybridized carbons (Fsp3) is 0.290. The molecule has 38 heavy (non-hydrogen) atoms. The van der Waals surface area contributed by atoms with Crippen LogP contribution in [0.5, 0.6) is 5.75 Å². The van der Waals surface area contributed by atoms with E-state index in [1.807, 2.05) is 61.5 Å². The molecule has 196 valence electrons. The number of aliphatic hydroxyl groups excluding tert-OH is 1. The van der Waals surface area contributed by atoms with Gasteiger partial charge in [0.05, 0.1) is 38.0 Å². The van der Waals surface area contributed by atoms with Crippen molar-refractivity contribution < 1.29 is 24.2 Å². The van der Waals surface area contributed by atoms with Crippen LogP contribution in [0, 0.1) is 6.92 Å². The molecule has 2 aliphatic heterocycles. The van der Waals surface area contributed by atoms with Crippen LogP contribution in [0.3, 0.4) is 0 Å². The zero-order valence-electron chi connectivity index (χ0n) is 21.7. The highest BCUT2D eigenvalue weighted by molar-refractivity contribution is 6.46. The molecule has 3 aromatic carbocycles. The van der Waals surface area contributed by atoms with Crippen molar-refractivity contribution in [2.24, 2.45) is 0 Å². The summed E-state index contributed by atoms with van der Waals surface area (Å²) in [6.07, 6.45) is 0. The minimum atomic E-state index is -0.711. The zero-order chi connectivity index (χ0) is 26.6. The lowest BCUT2D eigenvalue weighted by atomic mass is 9.94. The van der Waals surface area contributed by atoms with E-state index in [0.29, 0.717) is 31.9 Å². The van der Waals surface area contributed by atoms with Gasteiger partial charge in [-0.1, -0.05) is 72.3 Å². The first-order valence-electron chi connectivity index (χ1n) is 12.8. The summed E-state index contributed by atoms with van der Waals surface area (Å²) < 4.78 is 10.9. The van der Waals surface area contributed by atoms with Crippen molar-refractivity contribution >= 4 is 17.4 Å². The molecule has 0 bridgehead atoms. The lowest BCUT2D eigenvalue weighted by Gasteiger charge is -2.38. The first-order valence-corrected chi connectivity index (χ1v) is 12.8. The van der Waals surface area contributed by atoms with E-state index in [1.165, 1.54) is 0 Å². The molecule has 5 rings (SSSR count). The van der Waals surface area contributed by atoms with Gasteiger partial charge in [0.15, 0.2) is 0 Å². The van der Waals surface area contributed by atoms with Crippen molar-refractivity contribution in [2.75, 3.05) is 40.0 Å². The highest BCUT2D eigenvalue weighted by atomic mass is 16.5. The van der Waals surface area contributed by atoms with E-state index in [-0.39, 0.29) is 23.9 Å². The molecule has 2 aliphatic rings. The first kappa shape index (κ1) is 25.7. The summed E-state index contributed by atoms with van der Waals surface area (Å²) in [5.41, 5.74) is 3.48. The number of benzene rings is 3. The van der Waals surface area contributed by atoms with Gasteiger partial charge in [0.2, 0.25) is 0 Å². The third kappa shape index (κ3) is 5.08. The molecule has 2 fully saturated rings. The van der Waals surface area contributed by atoms with Gasteiger partial charge < -0.3 is 19.5 Å². The molecule has 7 heteroatoms. The minimum Gasteiger partial charge on any atom is -0.507 e. The maximum Gasteiger partial charge on any atom is 0.295 e. The molecular weight excluding hydrogens is 480 g/mol. The van der Waals surface area contributed by atoms with E-state index in [0.717, 1.165) is 22.4 Å². The number of aliphatic hydroxyl groups is 1. The number of likely N-dealkylation sites (tertiary alicyclic amines) is 1. The van der Waals surface area contributed by atoms with E-state index in [1.54, 1.807) is 36.3 Å². The number of carbonyl (C=O) groups is 2. The van der Waals surface area contributed by atoms with Crippen LogP contribution in [0.15, 0.2) is 84.4 Å². The Hall–Kier alpha value is -3.94. The summed E-state index contributed by atoms with van der Waals surface area (Å²) in [5, 5.41) is 11.3.